The van der Waals surface area contributed by atoms with Crippen molar-refractivity contribution in [3.63, 3.8) is 0 Å². The van der Waals surface area contributed by atoms with Crippen LogP contribution in [0.25, 0.3) is 11.0 Å². The average Bonchev–Trinajstić information content (AvgIpc) is 2.86. The van der Waals surface area contributed by atoms with E-state index in [1.165, 1.54) is 0 Å². The van der Waals surface area contributed by atoms with E-state index in [0.29, 0.717) is 12.5 Å². The van der Waals surface area contributed by atoms with Gasteiger partial charge in [-0.15, -0.1) is 0 Å². The molecular formula is C17H24N4O3. The number of benzene rings is 1. The Hall–Kier alpha value is -2.28. The van der Waals surface area contributed by atoms with E-state index in [4.69, 9.17) is 15.4 Å². The van der Waals surface area contributed by atoms with Crippen molar-refractivity contribution in [3.8, 4) is 5.75 Å². The highest BCUT2D eigenvalue weighted by Gasteiger charge is 2.25. The van der Waals surface area contributed by atoms with E-state index < -0.39 is 0 Å². The molecule has 0 atom stereocenters. The van der Waals surface area contributed by atoms with Crippen LogP contribution >= 0.6 is 0 Å². The van der Waals surface area contributed by atoms with Gasteiger partial charge in [0.25, 0.3) is 0 Å². The highest BCUT2D eigenvalue weighted by atomic mass is 16.5. The molecule has 0 radical (unpaired) electrons. The van der Waals surface area contributed by atoms with Gasteiger partial charge in [0.1, 0.15) is 11.6 Å². The summed E-state index contributed by atoms with van der Waals surface area (Å²) in [6.07, 6.45) is 3.61. The zero-order valence-electron chi connectivity index (χ0n) is 14.1. The van der Waals surface area contributed by atoms with Crippen molar-refractivity contribution in [2.24, 2.45) is 18.9 Å². The topological polar surface area (TPSA) is 92.3 Å². The van der Waals surface area contributed by atoms with Gasteiger partial charge in [-0.05, 0) is 43.7 Å². The maximum absolute atomic E-state index is 12.6. The number of amidine groups is 1. The fraction of sp³-hybridized carbons (Fsp3) is 0.529. The number of ether oxygens (including phenoxy) is 1. The standard InChI is InChI=1S/C17H24N4O3/c1-20-14-8-7-13(24-2)9-15(14)21(17(20)22)10-11-3-5-12(6-4-11)16(18)19-23/h7-9,11-12,23H,3-6,10H2,1-2H3,(H2,18,19)/t11-,12-. The summed E-state index contributed by atoms with van der Waals surface area (Å²) in [7, 11) is 3.41. The summed E-state index contributed by atoms with van der Waals surface area (Å²) in [5.74, 6) is 1.44. The number of aromatic nitrogens is 2. The molecule has 0 saturated heterocycles. The molecule has 1 saturated carbocycles. The minimum Gasteiger partial charge on any atom is -0.497 e. The zero-order valence-corrected chi connectivity index (χ0v) is 14.1. The number of methoxy groups -OCH3 is 1. The molecule has 130 valence electrons. The van der Waals surface area contributed by atoms with Gasteiger partial charge in [-0.3, -0.25) is 25.2 Å². The Morgan fingerprint density at radius 2 is 2.04 bits per heavy atom. The van der Waals surface area contributed by atoms with Crippen molar-refractivity contribution >= 4 is 16.9 Å². The van der Waals surface area contributed by atoms with Gasteiger partial charge in [0.2, 0.25) is 0 Å². The molecule has 3 N–H and O–H groups in total. The molecule has 7 nitrogen and oxygen atoms in total. The van der Waals surface area contributed by atoms with Gasteiger partial charge >= 0.3 is 5.69 Å². The summed E-state index contributed by atoms with van der Waals surface area (Å²) in [6.45, 7) is 0.677. The summed E-state index contributed by atoms with van der Waals surface area (Å²) >= 11 is 0. The van der Waals surface area contributed by atoms with Crippen LogP contribution < -0.4 is 15.9 Å². The predicted octanol–water partition coefficient (Wildman–Crippen LogP) is 2.11. The van der Waals surface area contributed by atoms with Gasteiger partial charge in [0, 0.05) is 25.6 Å². The van der Waals surface area contributed by atoms with Crippen LogP contribution in [0.3, 0.4) is 0 Å². The maximum atomic E-state index is 12.6. The third kappa shape index (κ3) is 2.91. The first kappa shape index (κ1) is 16.6. The third-order valence-electron chi connectivity index (χ3n) is 5.17. The second-order valence-electron chi connectivity index (χ2n) is 6.55. The van der Waals surface area contributed by atoms with Crippen molar-refractivity contribution in [2.75, 3.05) is 7.11 Å². The Kier molecular flexibility index (Phi) is 4.62. The van der Waals surface area contributed by atoms with Crippen LogP contribution in [0.2, 0.25) is 0 Å². The van der Waals surface area contributed by atoms with E-state index in [2.05, 4.69) is 0 Å². The zero-order chi connectivity index (χ0) is 17.3. The van der Waals surface area contributed by atoms with Crippen LogP contribution in [0.4, 0.5) is 0 Å². The Bertz CT molecular complexity index is 800. The SMILES string of the molecule is COc1ccc2c(c1)n(C[C@H]1CC[C@H](C(=N)NO)CC1)c(=O)n2C. The lowest BCUT2D eigenvalue weighted by molar-refractivity contribution is 0.213. The fourth-order valence-electron chi connectivity index (χ4n) is 3.68. The van der Waals surface area contributed by atoms with Crippen molar-refractivity contribution in [3.05, 3.63) is 28.7 Å². The van der Waals surface area contributed by atoms with Crippen molar-refractivity contribution < 1.29 is 9.94 Å². The van der Waals surface area contributed by atoms with Gasteiger partial charge in [0.15, 0.2) is 0 Å². The van der Waals surface area contributed by atoms with E-state index in [0.717, 1.165) is 42.5 Å². The van der Waals surface area contributed by atoms with Gasteiger partial charge < -0.3 is 4.74 Å². The summed E-state index contributed by atoms with van der Waals surface area (Å²) in [4.78, 5) is 12.6. The Morgan fingerprint density at radius 3 is 2.67 bits per heavy atom. The Balaban J connectivity index is 1.82. The number of aryl methyl sites for hydroxylation is 1. The second kappa shape index (κ2) is 6.68. The molecular weight excluding hydrogens is 308 g/mol. The molecule has 1 aromatic carbocycles. The number of nitrogens with zero attached hydrogens (tertiary/aromatic N) is 2. The predicted molar refractivity (Wildman–Crippen MR) is 91.8 cm³/mol. The second-order valence-corrected chi connectivity index (χ2v) is 6.55. The molecule has 1 heterocycles. The number of nitrogens with one attached hydrogen (secondary N) is 2. The monoisotopic (exact) mass is 332 g/mol. The summed E-state index contributed by atoms with van der Waals surface area (Å²) in [6, 6.07) is 5.69. The lowest BCUT2D eigenvalue weighted by atomic mass is 9.81. The molecule has 1 aliphatic rings. The van der Waals surface area contributed by atoms with E-state index >= 15 is 0 Å². The lowest BCUT2D eigenvalue weighted by Crippen LogP contribution is -2.32. The number of rotatable bonds is 4. The van der Waals surface area contributed by atoms with Crippen LogP contribution in [0.1, 0.15) is 25.7 Å². The number of imidazole rings is 1. The molecule has 0 bridgehead atoms. The van der Waals surface area contributed by atoms with Gasteiger partial charge in [-0.2, -0.15) is 0 Å². The van der Waals surface area contributed by atoms with E-state index in [1.807, 2.05) is 28.2 Å². The van der Waals surface area contributed by atoms with Gasteiger partial charge in [0.05, 0.1) is 18.1 Å². The molecule has 0 aliphatic heterocycles. The van der Waals surface area contributed by atoms with Crippen molar-refractivity contribution in [1.82, 2.24) is 14.6 Å². The quantitative estimate of drug-likeness (QED) is 0.454. The highest BCUT2D eigenvalue weighted by Crippen LogP contribution is 2.31. The minimum absolute atomic E-state index is 0.00913. The van der Waals surface area contributed by atoms with Crippen LogP contribution in [-0.2, 0) is 13.6 Å². The fourth-order valence-corrected chi connectivity index (χ4v) is 3.68. The van der Waals surface area contributed by atoms with Gasteiger partial charge in [-0.1, -0.05) is 0 Å². The third-order valence-corrected chi connectivity index (χ3v) is 5.17. The van der Waals surface area contributed by atoms with E-state index in [9.17, 15) is 4.79 Å². The molecule has 7 heteroatoms. The van der Waals surface area contributed by atoms with Crippen molar-refractivity contribution in [2.45, 2.75) is 32.2 Å². The summed E-state index contributed by atoms with van der Waals surface area (Å²) in [5, 5.41) is 16.5. The largest absolute Gasteiger partial charge is 0.497 e. The highest BCUT2D eigenvalue weighted by molar-refractivity contribution is 5.80. The Labute approximate surface area is 140 Å². The van der Waals surface area contributed by atoms with E-state index in [-0.39, 0.29) is 17.4 Å². The Morgan fingerprint density at radius 1 is 1.33 bits per heavy atom. The number of hydroxylamine groups is 1. The van der Waals surface area contributed by atoms with E-state index in [1.54, 1.807) is 18.7 Å². The number of hydrogen-bond donors (Lipinski definition) is 3. The molecule has 0 spiro atoms. The molecule has 0 amide bonds. The van der Waals surface area contributed by atoms with Gasteiger partial charge in [-0.25, -0.2) is 4.79 Å². The molecule has 0 unspecified atom stereocenters. The van der Waals surface area contributed by atoms with Crippen molar-refractivity contribution in [1.29, 1.82) is 5.41 Å². The first-order chi connectivity index (χ1) is 11.5. The molecule has 24 heavy (non-hydrogen) atoms. The minimum atomic E-state index is -0.00913. The average molecular weight is 332 g/mol. The first-order valence-corrected chi connectivity index (χ1v) is 8.27. The molecule has 1 fully saturated rings. The molecule has 2 aromatic rings. The van der Waals surface area contributed by atoms with Crippen LogP contribution in [0.15, 0.2) is 23.0 Å². The first-order valence-electron chi connectivity index (χ1n) is 8.27. The summed E-state index contributed by atoms with van der Waals surface area (Å²) in [5.41, 5.74) is 3.75. The molecule has 1 aliphatic carbocycles. The normalized spacial score (nSPS) is 21.0. The number of fused-ring (bicyclic) bond motifs is 1. The van der Waals surface area contributed by atoms with Crippen LogP contribution in [0.5, 0.6) is 5.75 Å². The molecule has 1 aromatic heterocycles. The smallest absolute Gasteiger partial charge is 0.328 e. The number of hydrogen-bond acceptors (Lipinski definition) is 4. The lowest BCUT2D eigenvalue weighted by Gasteiger charge is -2.28. The maximum Gasteiger partial charge on any atom is 0.328 e. The summed E-state index contributed by atoms with van der Waals surface area (Å²) < 4.78 is 8.79. The van der Waals surface area contributed by atoms with Crippen LogP contribution in [0, 0.1) is 17.2 Å². The molecule has 3 rings (SSSR count). The van der Waals surface area contributed by atoms with Crippen LogP contribution in [-0.4, -0.2) is 27.3 Å².